The SMILES string of the molecule is CC(=O)NC1CN(c2ncnc3c(C)csc23)C1. The Kier molecular flexibility index (Phi) is 2.66. The normalized spacial score (nSPS) is 15.8. The number of carbonyl (C=O) groups excluding carboxylic acids is 1. The molecule has 5 nitrogen and oxygen atoms in total. The van der Waals surface area contributed by atoms with Gasteiger partial charge >= 0.3 is 0 Å². The zero-order valence-electron chi connectivity index (χ0n) is 10.3. The minimum absolute atomic E-state index is 0.0273. The maximum atomic E-state index is 11.0. The number of nitrogens with zero attached hydrogens (tertiary/aromatic N) is 3. The molecule has 1 N–H and O–H groups in total. The Morgan fingerprint density at radius 1 is 1.50 bits per heavy atom. The van der Waals surface area contributed by atoms with Crippen LogP contribution in [0.3, 0.4) is 0 Å². The molecule has 2 aromatic rings. The monoisotopic (exact) mass is 262 g/mol. The van der Waals surface area contributed by atoms with E-state index in [2.05, 4.69) is 32.5 Å². The topological polar surface area (TPSA) is 58.1 Å². The Hall–Kier alpha value is -1.69. The van der Waals surface area contributed by atoms with Crippen LogP contribution in [0.25, 0.3) is 10.2 Å². The van der Waals surface area contributed by atoms with E-state index in [1.807, 2.05) is 0 Å². The lowest BCUT2D eigenvalue weighted by Crippen LogP contribution is -2.59. The number of aryl methyl sites for hydroxylation is 1. The number of aromatic nitrogens is 2. The molecule has 1 amide bonds. The molecule has 3 rings (SSSR count). The summed E-state index contributed by atoms with van der Waals surface area (Å²) < 4.78 is 1.14. The first-order chi connectivity index (χ1) is 8.65. The second kappa shape index (κ2) is 4.20. The molecule has 1 aliphatic heterocycles. The summed E-state index contributed by atoms with van der Waals surface area (Å²) in [5.74, 6) is 1.01. The van der Waals surface area contributed by atoms with E-state index in [-0.39, 0.29) is 11.9 Å². The first kappa shape index (κ1) is 11.4. The van der Waals surface area contributed by atoms with Gasteiger partial charge in [-0.1, -0.05) is 0 Å². The summed E-state index contributed by atoms with van der Waals surface area (Å²) in [6.07, 6.45) is 1.61. The van der Waals surface area contributed by atoms with Crippen LogP contribution in [0, 0.1) is 6.92 Å². The van der Waals surface area contributed by atoms with E-state index in [1.165, 1.54) is 5.56 Å². The summed E-state index contributed by atoms with van der Waals surface area (Å²) in [6.45, 7) is 5.26. The molecule has 0 aliphatic carbocycles. The fourth-order valence-electron chi connectivity index (χ4n) is 2.21. The van der Waals surface area contributed by atoms with Crippen molar-refractivity contribution in [2.24, 2.45) is 0 Å². The number of anilines is 1. The minimum atomic E-state index is 0.0273. The lowest BCUT2D eigenvalue weighted by molar-refractivity contribution is -0.119. The first-order valence-corrected chi connectivity index (χ1v) is 6.74. The van der Waals surface area contributed by atoms with Crippen molar-refractivity contribution in [2.75, 3.05) is 18.0 Å². The highest BCUT2D eigenvalue weighted by atomic mass is 32.1. The van der Waals surface area contributed by atoms with Gasteiger partial charge in [0.2, 0.25) is 5.91 Å². The molecule has 0 spiro atoms. The summed E-state index contributed by atoms with van der Waals surface area (Å²) in [7, 11) is 0. The zero-order chi connectivity index (χ0) is 12.7. The highest BCUT2D eigenvalue weighted by molar-refractivity contribution is 7.18. The molecular formula is C12H14N4OS. The Balaban J connectivity index is 1.82. The van der Waals surface area contributed by atoms with Gasteiger partial charge in [0.15, 0.2) is 0 Å². The molecule has 0 unspecified atom stereocenters. The molecule has 0 aromatic carbocycles. The van der Waals surface area contributed by atoms with Crippen LogP contribution in [-0.4, -0.2) is 35.0 Å². The molecule has 6 heteroatoms. The highest BCUT2D eigenvalue weighted by Gasteiger charge is 2.29. The molecule has 0 radical (unpaired) electrons. The number of carbonyl (C=O) groups is 1. The molecule has 1 fully saturated rings. The van der Waals surface area contributed by atoms with Gasteiger partial charge in [-0.05, 0) is 17.9 Å². The van der Waals surface area contributed by atoms with Gasteiger partial charge in [0.25, 0.3) is 0 Å². The molecule has 0 atom stereocenters. The maximum Gasteiger partial charge on any atom is 0.217 e. The first-order valence-electron chi connectivity index (χ1n) is 5.86. The zero-order valence-corrected chi connectivity index (χ0v) is 11.1. The predicted octanol–water partition coefficient (Wildman–Crippen LogP) is 1.32. The van der Waals surface area contributed by atoms with E-state index >= 15 is 0 Å². The van der Waals surface area contributed by atoms with Gasteiger partial charge in [-0.25, -0.2) is 9.97 Å². The lowest BCUT2D eigenvalue weighted by Gasteiger charge is -2.40. The van der Waals surface area contributed by atoms with Gasteiger partial charge in [0.05, 0.1) is 16.3 Å². The van der Waals surface area contributed by atoms with Crippen molar-refractivity contribution in [3.63, 3.8) is 0 Å². The van der Waals surface area contributed by atoms with Crippen molar-refractivity contribution in [2.45, 2.75) is 19.9 Å². The van der Waals surface area contributed by atoms with Crippen molar-refractivity contribution in [1.29, 1.82) is 0 Å². The van der Waals surface area contributed by atoms with Gasteiger partial charge in [0, 0.05) is 20.0 Å². The maximum absolute atomic E-state index is 11.0. The van der Waals surface area contributed by atoms with Crippen molar-refractivity contribution in [3.8, 4) is 0 Å². The standard InChI is InChI=1S/C12H14N4OS/c1-7-5-18-11-10(7)13-6-14-12(11)16-3-9(4-16)15-8(2)17/h5-6,9H,3-4H2,1-2H3,(H,15,17). The third-order valence-corrected chi connectivity index (χ3v) is 4.18. The number of hydrogen-bond donors (Lipinski definition) is 1. The Morgan fingerprint density at radius 2 is 2.28 bits per heavy atom. The number of fused-ring (bicyclic) bond motifs is 1. The van der Waals surface area contributed by atoms with Crippen LogP contribution in [0.5, 0.6) is 0 Å². The number of rotatable bonds is 2. The fourth-order valence-corrected chi connectivity index (χ4v) is 3.23. The summed E-state index contributed by atoms with van der Waals surface area (Å²) in [4.78, 5) is 21.8. The van der Waals surface area contributed by atoms with Crippen molar-refractivity contribution in [3.05, 3.63) is 17.3 Å². The third kappa shape index (κ3) is 1.82. The van der Waals surface area contributed by atoms with E-state index < -0.39 is 0 Å². The molecule has 0 saturated carbocycles. The number of nitrogens with one attached hydrogen (secondary N) is 1. The van der Waals surface area contributed by atoms with Crippen molar-refractivity contribution >= 4 is 33.3 Å². The van der Waals surface area contributed by atoms with E-state index in [9.17, 15) is 4.79 Å². The molecule has 0 bridgehead atoms. The Labute approximate surface area is 109 Å². The van der Waals surface area contributed by atoms with Gasteiger partial charge < -0.3 is 10.2 Å². The summed E-state index contributed by atoms with van der Waals surface area (Å²) >= 11 is 1.68. The van der Waals surface area contributed by atoms with Crippen LogP contribution in [0.15, 0.2) is 11.7 Å². The van der Waals surface area contributed by atoms with E-state index in [0.29, 0.717) is 0 Å². The Bertz CT molecular complexity index is 603. The summed E-state index contributed by atoms with van der Waals surface area (Å²) in [5, 5.41) is 5.02. The predicted molar refractivity (Wildman–Crippen MR) is 72.0 cm³/mol. The number of thiophene rings is 1. The van der Waals surface area contributed by atoms with Crippen molar-refractivity contribution < 1.29 is 4.79 Å². The quantitative estimate of drug-likeness (QED) is 0.887. The molecule has 3 heterocycles. The van der Waals surface area contributed by atoms with Crippen LogP contribution >= 0.6 is 11.3 Å². The average molecular weight is 262 g/mol. The number of amides is 1. The Morgan fingerprint density at radius 3 is 3.00 bits per heavy atom. The second-order valence-electron chi connectivity index (χ2n) is 4.60. The van der Waals surface area contributed by atoms with E-state index in [0.717, 1.165) is 29.1 Å². The third-order valence-electron chi connectivity index (χ3n) is 3.10. The fraction of sp³-hybridized carbons (Fsp3) is 0.417. The van der Waals surface area contributed by atoms with Crippen LogP contribution in [0.2, 0.25) is 0 Å². The average Bonchev–Trinajstić information content (AvgIpc) is 2.65. The van der Waals surface area contributed by atoms with Gasteiger partial charge in [0.1, 0.15) is 12.1 Å². The van der Waals surface area contributed by atoms with Gasteiger partial charge in [-0.15, -0.1) is 11.3 Å². The number of hydrogen-bond acceptors (Lipinski definition) is 5. The lowest BCUT2D eigenvalue weighted by atomic mass is 10.1. The summed E-state index contributed by atoms with van der Waals surface area (Å²) in [5.41, 5.74) is 2.23. The van der Waals surface area contributed by atoms with Crippen LogP contribution < -0.4 is 10.2 Å². The minimum Gasteiger partial charge on any atom is -0.351 e. The van der Waals surface area contributed by atoms with Gasteiger partial charge in [-0.2, -0.15) is 0 Å². The molecule has 1 saturated heterocycles. The van der Waals surface area contributed by atoms with E-state index in [1.54, 1.807) is 24.6 Å². The molecular weight excluding hydrogens is 248 g/mol. The van der Waals surface area contributed by atoms with E-state index in [4.69, 9.17) is 0 Å². The molecule has 1 aliphatic rings. The second-order valence-corrected chi connectivity index (χ2v) is 5.48. The summed E-state index contributed by atoms with van der Waals surface area (Å²) in [6, 6.07) is 0.244. The van der Waals surface area contributed by atoms with Gasteiger partial charge in [-0.3, -0.25) is 4.79 Å². The van der Waals surface area contributed by atoms with Crippen LogP contribution in [0.1, 0.15) is 12.5 Å². The molecule has 94 valence electrons. The highest BCUT2D eigenvalue weighted by Crippen LogP contribution is 2.32. The molecule has 2 aromatic heterocycles. The largest absolute Gasteiger partial charge is 0.351 e. The van der Waals surface area contributed by atoms with Crippen LogP contribution in [0.4, 0.5) is 5.82 Å². The smallest absolute Gasteiger partial charge is 0.217 e. The van der Waals surface area contributed by atoms with Crippen molar-refractivity contribution in [1.82, 2.24) is 15.3 Å². The van der Waals surface area contributed by atoms with Crippen LogP contribution in [-0.2, 0) is 4.79 Å². The molecule has 18 heavy (non-hydrogen) atoms.